The number of carbonyl (C=O) groups excluding carboxylic acids is 1. The molecule has 2 aromatic carbocycles. The van der Waals surface area contributed by atoms with Crippen LogP contribution in [0.5, 0.6) is 23.0 Å². The molecule has 24 heavy (non-hydrogen) atoms. The van der Waals surface area contributed by atoms with Gasteiger partial charge in [-0.1, -0.05) is 12.1 Å². The summed E-state index contributed by atoms with van der Waals surface area (Å²) in [5.41, 5.74) is 3.07. The first-order valence-electron chi connectivity index (χ1n) is 7.02. The van der Waals surface area contributed by atoms with Gasteiger partial charge in [0.05, 0.1) is 33.1 Å². The summed E-state index contributed by atoms with van der Waals surface area (Å²) in [7, 11) is 4.56. The first-order valence-corrected chi connectivity index (χ1v) is 7.02. The van der Waals surface area contributed by atoms with E-state index in [1.807, 2.05) is 0 Å². The zero-order valence-corrected chi connectivity index (χ0v) is 13.6. The SMILES string of the molecule is COc1cc(OC)c(OC)cc1C=NNC(=O)c1ccccc1O. The van der Waals surface area contributed by atoms with Gasteiger partial charge in [0, 0.05) is 11.6 Å². The Labute approximate surface area is 139 Å². The van der Waals surface area contributed by atoms with Crippen molar-refractivity contribution in [3.05, 3.63) is 47.5 Å². The number of amides is 1. The number of ether oxygens (including phenoxy) is 3. The highest BCUT2D eigenvalue weighted by Crippen LogP contribution is 2.33. The smallest absolute Gasteiger partial charge is 0.275 e. The molecule has 0 saturated heterocycles. The molecule has 0 aliphatic carbocycles. The second-order valence-corrected chi connectivity index (χ2v) is 4.67. The average molecular weight is 330 g/mol. The van der Waals surface area contributed by atoms with Crippen molar-refractivity contribution in [3.8, 4) is 23.0 Å². The molecule has 0 unspecified atom stereocenters. The van der Waals surface area contributed by atoms with Crippen molar-refractivity contribution in [3.63, 3.8) is 0 Å². The topological polar surface area (TPSA) is 89.4 Å². The molecular weight excluding hydrogens is 312 g/mol. The maximum absolute atomic E-state index is 12.0. The molecule has 0 heterocycles. The third-order valence-corrected chi connectivity index (χ3v) is 3.25. The zero-order valence-electron chi connectivity index (χ0n) is 13.6. The summed E-state index contributed by atoms with van der Waals surface area (Å²) in [4.78, 5) is 12.0. The molecule has 0 spiro atoms. The van der Waals surface area contributed by atoms with E-state index in [2.05, 4.69) is 10.5 Å². The fourth-order valence-corrected chi connectivity index (χ4v) is 2.04. The Morgan fingerprint density at radius 3 is 2.29 bits per heavy atom. The van der Waals surface area contributed by atoms with Crippen molar-refractivity contribution in [2.24, 2.45) is 5.10 Å². The molecule has 2 aromatic rings. The van der Waals surface area contributed by atoms with Crippen LogP contribution in [0, 0.1) is 0 Å². The third-order valence-electron chi connectivity index (χ3n) is 3.25. The molecule has 2 rings (SSSR count). The lowest BCUT2D eigenvalue weighted by molar-refractivity contribution is 0.0952. The standard InChI is InChI=1S/C17H18N2O5/c1-22-14-9-16(24-3)15(23-2)8-11(14)10-18-19-17(21)12-6-4-5-7-13(12)20/h4-10,20H,1-3H3,(H,19,21). The van der Waals surface area contributed by atoms with Gasteiger partial charge in [-0.15, -0.1) is 0 Å². The van der Waals surface area contributed by atoms with Crippen molar-refractivity contribution in [1.29, 1.82) is 0 Å². The molecule has 0 bridgehead atoms. The molecule has 0 fully saturated rings. The van der Waals surface area contributed by atoms with E-state index in [-0.39, 0.29) is 11.3 Å². The number of para-hydroxylation sites is 1. The van der Waals surface area contributed by atoms with E-state index < -0.39 is 5.91 Å². The largest absolute Gasteiger partial charge is 0.507 e. The summed E-state index contributed by atoms with van der Waals surface area (Å²) in [6, 6.07) is 9.53. The molecule has 0 aliphatic heterocycles. The lowest BCUT2D eigenvalue weighted by atomic mass is 10.2. The predicted molar refractivity (Wildman–Crippen MR) is 89.3 cm³/mol. The van der Waals surface area contributed by atoms with E-state index in [1.54, 1.807) is 24.3 Å². The fraction of sp³-hybridized carbons (Fsp3) is 0.176. The Morgan fingerprint density at radius 1 is 1.04 bits per heavy atom. The second-order valence-electron chi connectivity index (χ2n) is 4.67. The molecule has 0 atom stereocenters. The molecule has 7 heteroatoms. The summed E-state index contributed by atoms with van der Waals surface area (Å²) in [5.74, 6) is 0.891. The molecule has 7 nitrogen and oxygen atoms in total. The van der Waals surface area contributed by atoms with Gasteiger partial charge in [0.2, 0.25) is 0 Å². The molecule has 2 N–H and O–H groups in total. The molecule has 0 radical (unpaired) electrons. The fourth-order valence-electron chi connectivity index (χ4n) is 2.04. The van der Waals surface area contributed by atoms with Crippen LogP contribution in [0.25, 0.3) is 0 Å². The molecule has 1 amide bonds. The first kappa shape index (κ1) is 17.1. The summed E-state index contributed by atoms with van der Waals surface area (Å²) >= 11 is 0. The van der Waals surface area contributed by atoms with Crippen molar-refractivity contribution >= 4 is 12.1 Å². The van der Waals surface area contributed by atoms with Crippen LogP contribution in [0.4, 0.5) is 0 Å². The summed E-state index contributed by atoms with van der Waals surface area (Å²) in [5, 5.41) is 13.5. The van der Waals surface area contributed by atoms with Crippen LogP contribution in [0.2, 0.25) is 0 Å². The first-order chi connectivity index (χ1) is 11.6. The number of benzene rings is 2. The van der Waals surface area contributed by atoms with Gasteiger partial charge < -0.3 is 19.3 Å². The van der Waals surface area contributed by atoms with Gasteiger partial charge >= 0.3 is 0 Å². The van der Waals surface area contributed by atoms with E-state index in [0.29, 0.717) is 22.8 Å². The van der Waals surface area contributed by atoms with Crippen molar-refractivity contribution in [2.45, 2.75) is 0 Å². The average Bonchev–Trinajstić information content (AvgIpc) is 2.61. The van der Waals surface area contributed by atoms with Crippen LogP contribution >= 0.6 is 0 Å². The van der Waals surface area contributed by atoms with E-state index in [4.69, 9.17) is 14.2 Å². The van der Waals surface area contributed by atoms with E-state index in [1.165, 1.54) is 39.7 Å². The number of hydrazone groups is 1. The van der Waals surface area contributed by atoms with Gasteiger partial charge in [0.1, 0.15) is 11.5 Å². The Morgan fingerprint density at radius 2 is 1.67 bits per heavy atom. The highest BCUT2D eigenvalue weighted by molar-refractivity contribution is 5.97. The minimum absolute atomic E-state index is 0.117. The number of carbonyl (C=O) groups is 1. The minimum Gasteiger partial charge on any atom is -0.507 e. The van der Waals surface area contributed by atoms with Gasteiger partial charge in [-0.3, -0.25) is 4.79 Å². The van der Waals surface area contributed by atoms with Crippen LogP contribution in [-0.4, -0.2) is 38.6 Å². The van der Waals surface area contributed by atoms with Gasteiger partial charge in [-0.2, -0.15) is 5.10 Å². The number of phenols is 1. The Kier molecular flexibility index (Phi) is 5.62. The number of rotatable bonds is 6. The normalized spacial score (nSPS) is 10.5. The highest BCUT2D eigenvalue weighted by atomic mass is 16.5. The zero-order chi connectivity index (χ0) is 17.5. The Bertz CT molecular complexity index is 759. The number of methoxy groups -OCH3 is 3. The number of hydrogen-bond donors (Lipinski definition) is 2. The maximum atomic E-state index is 12.0. The Balaban J connectivity index is 2.19. The van der Waals surface area contributed by atoms with Gasteiger partial charge in [-0.05, 0) is 18.2 Å². The second kappa shape index (κ2) is 7.87. The van der Waals surface area contributed by atoms with Crippen LogP contribution in [-0.2, 0) is 0 Å². The number of nitrogens with zero attached hydrogens (tertiary/aromatic N) is 1. The van der Waals surface area contributed by atoms with Gasteiger partial charge in [-0.25, -0.2) is 5.43 Å². The highest BCUT2D eigenvalue weighted by Gasteiger charge is 2.11. The lowest BCUT2D eigenvalue weighted by Gasteiger charge is -2.11. The van der Waals surface area contributed by atoms with Crippen molar-refractivity contribution in [1.82, 2.24) is 5.43 Å². The Hall–Kier alpha value is -3.22. The monoisotopic (exact) mass is 330 g/mol. The molecule has 0 saturated carbocycles. The van der Waals surface area contributed by atoms with Crippen molar-refractivity contribution < 1.29 is 24.1 Å². The minimum atomic E-state index is -0.524. The number of hydrogen-bond acceptors (Lipinski definition) is 6. The molecule has 0 aliphatic rings. The van der Waals surface area contributed by atoms with Gasteiger partial charge in [0.15, 0.2) is 11.5 Å². The van der Waals surface area contributed by atoms with Crippen LogP contribution in [0.15, 0.2) is 41.5 Å². The van der Waals surface area contributed by atoms with Crippen LogP contribution in [0.1, 0.15) is 15.9 Å². The lowest BCUT2D eigenvalue weighted by Crippen LogP contribution is -2.17. The van der Waals surface area contributed by atoms with E-state index >= 15 is 0 Å². The predicted octanol–water partition coefficient (Wildman–Crippen LogP) is 2.18. The third kappa shape index (κ3) is 3.75. The number of aromatic hydroxyl groups is 1. The summed E-state index contributed by atoms with van der Waals surface area (Å²) < 4.78 is 15.7. The van der Waals surface area contributed by atoms with Crippen LogP contribution < -0.4 is 19.6 Å². The van der Waals surface area contributed by atoms with Crippen molar-refractivity contribution in [2.75, 3.05) is 21.3 Å². The molecule has 0 aromatic heterocycles. The number of phenolic OH excluding ortho intramolecular Hbond substituents is 1. The molecule has 126 valence electrons. The maximum Gasteiger partial charge on any atom is 0.275 e. The number of nitrogens with one attached hydrogen (secondary N) is 1. The molecular formula is C17H18N2O5. The summed E-state index contributed by atoms with van der Waals surface area (Å²) in [6.07, 6.45) is 1.42. The quantitative estimate of drug-likeness (QED) is 0.626. The van der Waals surface area contributed by atoms with Gasteiger partial charge in [0.25, 0.3) is 5.91 Å². The van der Waals surface area contributed by atoms with Crippen LogP contribution in [0.3, 0.4) is 0 Å². The van der Waals surface area contributed by atoms with E-state index in [0.717, 1.165) is 0 Å². The van der Waals surface area contributed by atoms with E-state index in [9.17, 15) is 9.90 Å². The summed E-state index contributed by atoms with van der Waals surface area (Å²) in [6.45, 7) is 0.